The van der Waals surface area contributed by atoms with Crippen molar-refractivity contribution in [1.29, 1.82) is 0 Å². The van der Waals surface area contributed by atoms with E-state index in [1.54, 1.807) is 7.11 Å². The van der Waals surface area contributed by atoms with Crippen molar-refractivity contribution in [1.82, 2.24) is 9.80 Å². The number of methoxy groups -OCH3 is 1. The number of hydrogen-bond acceptors (Lipinski definition) is 3. The van der Waals surface area contributed by atoms with Gasteiger partial charge in [-0.25, -0.2) is 0 Å². The summed E-state index contributed by atoms with van der Waals surface area (Å²) in [6.07, 6.45) is 1.85. The maximum atomic E-state index is 12.8. The average molecular weight is 352 g/mol. The van der Waals surface area contributed by atoms with Crippen LogP contribution in [-0.2, 0) is 17.9 Å². The molecule has 1 fully saturated rings. The number of carbonyl (C=O) groups is 1. The molecule has 0 spiro atoms. The minimum absolute atomic E-state index is 0.137. The first-order valence-electron chi connectivity index (χ1n) is 9.30. The summed E-state index contributed by atoms with van der Waals surface area (Å²) in [4.78, 5) is 17.0. The lowest BCUT2D eigenvalue weighted by Gasteiger charge is -2.33. The SMILES string of the molecule is COc1ccccc1CN1CCC(C(=O)N(C)Cc2ccccc2)CC1. The number of carbonyl (C=O) groups excluding carboxylic acids is 1. The summed E-state index contributed by atoms with van der Waals surface area (Å²) in [5.74, 6) is 1.34. The summed E-state index contributed by atoms with van der Waals surface area (Å²) >= 11 is 0. The van der Waals surface area contributed by atoms with Crippen LogP contribution in [0.3, 0.4) is 0 Å². The number of ether oxygens (including phenoxy) is 1. The maximum Gasteiger partial charge on any atom is 0.225 e. The predicted octanol–water partition coefficient (Wildman–Crippen LogP) is 3.57. The highest BCUT2D eigenvalue weighted by atomic mass is 16.5. The number of amides is 1. The van der Waals surface area contributed by atoms with Crippen LogP contribution in [0, 0.1) is 5.92 Å². The van der Waals surface area contributed by atoms with Crippen molar-refractivity contribution in [2.45, 2.75) is 25.9 Å². The van der Waals surface area contributed by atoms with Gasteiger partial charge < -0.3 is 9.64 Å². The fraction of sp³-hybridized carbons (Fsp3) is 0.409. The van der Waals surface area contributed by atoms with Gasteiger partial charge in [0.1, 0.15) is 5.75 Å². The number of piperidine rings is 1. The zero-order chi connectivity index (χ0) is 18.4. The Labute approximate surface area is 156 Å². The molecule has 1 saturated heterocycles. The molecule has 1 aliphatic rings. The van der Waals surface area contributed by atoms with E-state index in [4.69, 9.17) is 4.74 Å². The van der Waals surface area contributed by atoms with Gasteiger partial charge in [-0.3, -0.25) is 9.69 Å². The molecule has 26 heavy (non-hydrogen) atoms. The van der Waals surface area contributed by atoms with E-state index >= 15 is 0 Å². The zero-order valence-electron chi connectivity index (χ0n) is 15.7. The van der Waals surface area contributed by atoms with Gasteiger partial charge in [0, 0.05) is 31.6 Å². The van der Waals surface area contributed by atoms with Gasteiger partial charge in [-0.2, -0.15) is 0 Å². The monoisotopic (exact) mass is 352 g/mol. The van der Waals surface area contributed by atoms with Crippen molar-refractivity contribution < 1.29 is 9.53 Å². The predicted molar refractivity (Wildman–Crippen MR) is 104 cm³/mol. The van der Waals surface area contributed by atoms with E-state index in [-0.39, 0.29) is 11.8 Å². The molecule has 0 aliphatic carbocycles. The van der Waals surface area contributed by atoms with Gasteiger partial charge in [-0.05, 0) is 37.6 Å². The Bertz CT molecular complexity index is 709. The first-order valence-corrected chi connectivity index (χ1v) is 9.30. The lowest BCUT2D eigenvalue weighted by molar-refractivity contribution is -0.136. The standard InChI is InChI=1S/C22H28N2O2/c1-23(16-18-8-4-3-5-9-18)22(25)19-12-14-24(15-13-19)17-20-10-6-7-11-21(20)26-2/h3-11,19H,12-17H2,1-2H3. The number of likely N-dealkylation sites (tertiary alicyclic amines) is 1. The summed E-state index contributed by atoms with van der Waals surface area (Å²) in [5, 5.41) is 0. The number of para-hydroxylation sites is 1. The van der Waals surface area contributed by atoms with E-state index in [9.17, 15) is 4.79 Å². The molecule has 4 nitrogen and oxygen atoms in total. The fourth-order valence-corrected chi connectivity index (χ4v) is 3.66. The number of rotatable bonds is 6. The Hall–Kier alpha value is -2.33. The van der Waals surface area contributed by atoms with Crippen molar-refractivity contribution in [3.63, 3.8) is 0 Å². The summed E-state index contributed by atoms with van der Waals surface area (Å²) in [5.41, 5.74) is 2.39. The van der Waals surface area contributed by atoms with Crippen LogP contribution >= 0.6 is 0 Å². The van der Waals surface area contributed by atoms with Gasteiger partial charge in [0.2, 0.25) is 5.91 Å². The van der Waals surface area contributed by atoms with Crippen LogP contribution in [0.1, 0.15) is 24.0 Å². The van der Waals surface area contributed by atoms with Crippen molar-refractivity contribution >= 4 is 5.91 Å². The molecule has 0 aromatic heterocycles. The molecule has 4 heteroatoms. The lowest BCUT2D eigenvalue weighted by Crippen LogP contribution is -2.40. The highest BCUT2D eigenvalue weighted by molar-refractivity contribution is 5.78. The van der Waals surface area contributed by atoms with Crippen LogP contribution in [0.2, 0.25) is 0 Å². The Morgan fingerprint density at radius 3 is 2.42 bits per heavy atom. The van der Waals surface area contributed by atoms with E-state index < -0.39 is 0 Å². The molecule has 1 aliphatic heterocycles. The molecule has 0 unspecified atom stereocenters. The average Bonchev–Trinajstić information content (AvgIpc) is 2.69. The molecule has 0 atom stereocenters. The summed E-state index contributed by atoms with van der Waals surface area (Å²) < 4.78 is 5.45. The van der Waals surface area contributed by atoms with E-state index in [2.05, 4.69) is 23.1 Å². The summed E-state index contributed by atoms with van der Waals surface area (Å²) in [7, 11) is 3.63. The molecule has 0 bridgehead atoms. The van der Waals surface area contributed by atoms with E-state index in [1.165, 1.54) is 11.1 Å². The number of hydrogen-bond donors (Lipinski definition) is 0. The first-order chi connectivity index (χ1) is 12.7. The quantitative estimate of drug-likeness (QED) is 0.797. The molecule has 0 N–H and O–H groups in total. The van der Waals surface area contributed by atoms with Crippen molar-refractivity contribution in [3.05, 3.63) is 65.7 Å². The number of benzene rings is 2. The summed E-state index contributed by atoms with van der Waals surface area (Å²) in [6.45, 7) is 3.47. The first kappa shape index (κ1) is 18.5. The van der Waals surface area contributed by atoms with Crippen molar-refractivity contribution in [3.8, 4) is 5.75 Å². The molecule has 0 saturated carbocycles. The topological polar surface area (TPSA) is 32.8 Å². The van der Waals surface area contributed by atoms with E-state index in [1.807, 2.05) is 48.3 Å². The van der Waals surface area contributed by atoms with Crippen LogP contribution in [0.15, 0.2) is 54.6 Å². The van der Waals surface area contributed by atoms with Gasteiger partial charge in [-0.1, -0.05) is 48.5 Å². The third-order valence-electron chi connectivity index (χ3n) is 5.16. The molecule has 138 valence electrons. The van der Waals surface area contributed by atoms with Gasteiger partial charge in [0.25, 0.3) is 0 Å². The molecular weight excluding hydrogens is 324 g/mol. The Balaban J connectivity index is 1.50. The summed E-state index contributed by atoms with van der Waals surface area (Å²) in [6, 6.07) is 18.3. The second-order valence-electron chi connectivity index (χ2n) is 7.04. The minimum atomic E-state index is 0.137. The van der Waals surface area contributed by atoms with Gasteiger partial charge in [0.05, 0.1) is 7.11 Å². The van der Waals surface area contributed by atoms with Gasteiger partial charge in [-0.15, -0.1) is 0 Å². The van der Waals surface area contributed by atoms with Crippen LogP contribution < -0.4 is 4.74 Å². The largest absolute Gasteiger partial charge is 0.496 e. The highest BCUT2D eigenvalue weighted by Crippen LogP contribution is 2.24. The van der Waals surface area contributed by atoms with Gasteiger partial charge >= 0.3 is 0 Å². The van der Waals surface area contributed by atoms with Crippen LogP contribution in [0.25, 0.3) is 0 Å². The molecule has 0 radical (unpaired) electrons. The third-order valence-corrected chi connectivity index (χ3v) is 5.16. The normalized spacial score (nSPS) is 15.6. The van der Waals surface area contributed by atoms with Crippen LogP contribution in [0.4, 0.5) is 0 Å². The van der Waals surface area contributed by atoms with Crippen LogP contribution in [-0.4, -0.2) is 43.0 Å². The zero-order valence-corrected chi connectivity index (χ0v) is 15.7. The molecular formula is C22H28N2O2. The van der Waals surface area contributed by atoms with E-state index in [0.29, 0.717) is 6.54 Å². The second-order valence-corrected chi connectivity index (χ2v) is 7.04. The fourth-order valence-electron chi connectivity index (χ4n) is 3.66. The van der Waals surface area contributed by atoms with Crippen molar-refractivity contribution in [2.75, 3.05) is 27.2 Å². The molecule has 2 aromatic rings. The Morgan fingerprint density at radius 1 is 1.08 bits per heavy atom. The molecule has 1 heterocycles. The Kier molecular flexibility index (Phi) is 6.29. The van der Waals surface area contributed by atoms with Gasteiger partial charge in [0.15, 0.2) is 0 Å². The molecule has 2 aromatic carbocycles. The maximum absolute atomic E-state index is 12.8. The van der Waals surface area contributed by atoms with E-state index in [0.717, 1.165) is 38.2 Å². The third kappa shape index (κ3) is 4.64. The Morgan fingerprint density at radius 2 is 1.73 bits per heavy atom. The number of nitrogens with zero attached hydrogens (tertiary/aromatic N) is 2. The highest BCUT2D eigenvalue weighted by Gasteiger charge is 2.27. The van der Waals surface area contributed by atoms with Crippen LogP contribution in [0.5, 0.6) is 5.75 Å². The molecule has 1 amide bonds. The smallest absolute Gasteiger partial charge is 0.225 e. The second kappa shape index (κ2) is 8.86. The lowest BCUT2D eigenvalue weighted by atomic mass is 9.95. The van der Waals surface area contributed by atoms with Crippen molar-refractivity contribution in [2.24, 2.45) is 5.92 Å². The minimum Gasteiger partial charge on any atom is -0.496 e. The molecule has 3 rings (SSSR count).